The SMILES string of the molecule is CN1CCN(C(=O)NCCN2CCOCC2)CC1. The number of rotatable bonds is 3. The summed E-state index contributed by atoms with van der Waals surface area (Å²) >= 11 is 0. The van der Waals surface area contributed by atoms with E-state index in [-0.39, 0.29) is 6.03 Å². The topological polar surface area (TPSA) is 48.0 Å². The maximum absolute atomic E-state index is 11.9. The van der Waals surface area contributed by atoms with Gasteiger partial charge in [0.1, 0.15) is 0 Å². The van der Waals surface area contributed by atoms with Gasteiger partial charge in [0.15, 0.2) is 0 Å². The molecule has 18 heavy (non-hydrogen) atoms. The highest BCUT2D eigenvalue weighted by Gasteiger charge is 2.18. The molecule has 2 amide bonds. The Labute approximate surface area is 109 Å². The number of hydrogen-bond donors (Lipinski definition) is 1. The number of morpholine rings is 1. The number of ether oxygens (including phenoxy) is 1. The van der Waals surface area contributed by atoms with Gasteiger partial charge in [-0.15, -0.1) is 0 Å². The van der Waals surface area contributed by atoms with Crippen molar-refractivity contribution >= 4 is 6.03 Å². The quantitative estimate of drug-likeness (QED) is 0.724. The maximum atomic E-state index is 11.9. The van der Waals surface area contributed by atoms with E-state index in [0.29, 0.717) is 0 Å². The summed E-state index contributed by atoms with van der Waals surface area (Å²) in [7, 11) is 2.09. The van der Waals surface area contributed by atoms with Gasteiger partial charge in [-0.3, -0.25) is 4.90 Å². The van der Waals surface area contributed by atoms with Crippen molar-refractivity contribution in [1.82, 2.24) is 20.0 Å². The number of piperazine rings is 1. The monoisotopic (exact) mass is 256 g/mol. The predicted octanol–water partition coefficient (Wildman–Crippen LogP) is -0.724. The number of likely N-dealkylation sites (N-methyl/N-ethyl adjacent to an activating group) is 1. The van der Waals surface area contributed by atoms with E-state index < -0.39 is 0 Å². The third kappa shape index (κ3) is 4.12. The largest absolute Gasteiger partial charge is 0.379 e. The predicted molar refractivity (Wildman–Crippen MR) is 69.7 cm³/mol. The van der Waals surface area contributed by atoms with Crippen molar-refractivity contribution in [3.05, 3.63) is 0 Å². The van der Waals surface area contributed by atoms with E-state index in [0.717, 1.165) is 65.6 Å². The van der Waals surface area contributed by atoms with Crippen molar-refractivity contribution in [1.29, 1.82) is 0 Å². The van der Waals surface area contributed by atoms with Gasteiger partial charge >= 0.3 is 6.03 Å². The van der Waals surface area contributed by atoms with Crippen LogP contribution in [0.25, 0.3) is 0 Å². The Hall–Kier alpha value is -0.850. The minimum Gasteiger partial charge on any atom is -0.379 e. The smallest absolute Gasteiger partial charge is 0.317 e. The standard InChI is InChI=1S/C12H24N4O2/c1-14-4-6-16(7-5-14)12(17)13-2-3-15-8-10-18-11-9-15/h2-11H2,1H3,(H,13,17). The first-order valence-electron chi connectivity index (χ1n) is 6.77. The van der Waals surface area contributed by atoms with Crippen LogP contribution >= 0.6 is 0 Å². The first kappa shape index (κ1) is 13.6. The molecule has 2 heterocycles. The average molecular weight is 256 g/mol. The Morgan fingerprint density at radius 2 is 1.78 bits per heavy atom. The van der Waals surface area contributed by atoms with Crippen LogP contribution in [-0.2, 0) is 4.74 Å². The average Bonchev–Trinajstić information content (AvgIpc) is 2.40. The molecule has 2 aliphatic heterocycles. The molecule has 1 N–H and O–H groups in total. The van der Waals surface area contributed by atoms with Crippen LogP contribution in [-0.4, -0.2) is 93.4 Å². The summed E-state index contributed by atoms with van der Waals surface area (Å²) in [4.78, 5) is 18.4. The lowest BCUT2D eigenvalue weighted by molar-refractivity contribution is 0.0385. The lowest BCUT2D eigenvalue weighted by atomic mass is 10.3. The molecule has 2 aliphatic rings. The van der Waals surface area contributed by atoms with Crippen LogP contribution in [0.2, 0.25) is 0 Å². The third-order valence-corrected chi connectivity index (χ3v) is 3.60. The van der Waals surface area contributed by atoms with Crippen LogP contribution in [0.5, 0.6) is 0 Å². The number of amides is 2. The van der Waals surface area contributed by atoms with Gasteiger partial charge in [-0.2, -0.15) is 0 Å². The molecule has 6 heteroatoms. The van der Waals surface area contributed by atoms with Crippen LogP contribution in [0.1, 0.15) is 0 Å². The molecule has 0 aromatic carbocycles. The lowest BCUT2D eigenvalue weighted by Crippen LogP contribution is -2.51. The Bertz CT molecular complexity index is 261. The maximum Gasteiger partial charge on any atom is 0.317 e. The fourth-order valence-corrected chi connectivity index (χ4v) is 2.27. The van der Waals surface area contributed by atoms with Crippen LogP contribution in [0, 0.1) is 0 Å². The van der Waals surface area contributed by atoms with Crippen molar-refractivity contribution in [2.24, 2.45) is 0 Å². The Balaban J connectivity index is 1.59. The second kappa shape index (κ2) is 6.92. The van der Waals surface area contributed by atoms with E-state index in [2.05, 4.69) is 22.2 Å². The van der Waals surface area contributed by atoms with E-state index >= 15 is 0 Å². The van der Waals surface area contributed by atoms with Gasteiger partial charge in [0, 0.05) is 52.4 Å². The van der Waals surface area contributed by atoms with Crippen LogP contribution < -0.4 is 5.32 Å². The van der Waals surface area contributed by atoms with Gasteiger partial charge in [-0.1, -0.05) is 0 Å². The number of nitrogens with zero attached hydrogens (tertiary/aromatic N) is 3. The molecule has 0 unspecified atom stereocenters. The molecule has 0 spiro atoms. The van der Waals surface area contributed by atoms with Gasteiger partial charge in [0.25, 0.3) is 0 Å². The minimum absolute atomic E-state index is 0.0800. The number of nitrogens with one attached hydrogen (secondary N) is 1. The first-order chi connectivity index (χ1) is 8.75. The van der Waals surface area contributed by atoms with Crippen LogP contribution in [0.4, 0.5) is 4.79 Å². The molecular weight excluding hydrogens is 232 g/mol. The molecule has 0 aromatic rings. The highest BCUT2D eigenvalue weighted by molar-refractivity contribution is 5.74. The van der Waals surface area contributed by atoms with E-state index in [9.17, 15) is 4.79 Å². The second-order valence-corrected chi connectivity index (χ2v) is 4.98. The van der Waals surface area contributed by atoms with Gasteiger partial charge < -0.3 is 19.9 Å². The zero-order valence-corrected chi connectivity index (χ0v) is 11.2. The number of carbonyl (C=O) groups is 1. The van der Waals surface area contributed by atoms with E-state index in [4.69, 9.17) is 4.74 Å². The second-order valence-electron chi connectivity index (χ2n) is 4.98. The molecule has 0 radical (unpaired) electrons. The lowest BCUT2D eigenvalue weighted by Gasteiger charge is -2.32. The van der Waals surface area contributed by atoms with E-state index in [1.54, 1.807) is 0 Å². The van der Waals surface area contributed by atoms with Crippen molar-refractivity contribution < 1.29 is 9.53 Å². The van der Waals surface area contributed by atoms with Crippen LogP contribution in [0.15, 0.2) is 0 Å². The molecular formula is C12H24N4O2. The van der Waals surface area contributed by atoms with Gasteiger partial charge in [0.05, 0.1) is 13.2 Å². The highest BCUT2D eigenvalue weighted by atomic mass is 16.5. The molecule has 0 atom stereocenters. The molecule has 104 valence electrons. The molecule has 2 rings (SSSR count). The number of carbonyl (C=O) groups excluding carboxylic acids is 1. The summed E-state index contributed by atoms with van der Waals surface area (Å²) in [6, 6.07) is 0.0800. The molecule has 0 aliphatic carbocycles. The van der Waals surface area contributed by atoms with Gasteiger partial charge in [-0.05, 0) is 7.05 Å². The summed E-state index contributed by atoms with van der Waals surface area (Å²) in [5.74, 6) is 0. The van der Waals surface area contributed by atoms with E-state index in [1.165, 1.54) is 0 Å². The Morgan fingerprint density at radius 3 is 2.44 bits per heavy atom. The van der Waals surface area contributed by atoms with Gasteiger partial charge in [0.2, 0.25) is 0 Å². The zero-order chi connectivity index (χ0) is 12.8. The highest BCUT2D eigenvalue weighted by Crippen LogP contribution is 1.99. The molecule has 0 bridgehead atoms. The zero-order valence-electron chi connectivity index (χ0n) is 11.2. The number of urea groups is 1. The molecule has 2 fully saturated rings. The number of hydrogen-bond acceptors (Lipinski definition) is 4. The van der Waals surface area contributed by atoms with Crippen molar-refractivity contribution in [3.63, 3.8) is 0 Å². The van der Waals surface area contributed by atoms with Crippen molar-refractivity contribution in [3.8, 4) is 0 Å². The third-order valence-electron chi connectivity index (χ3n) is 3.60. The fourth-order valence-electron chi connectivity index (χ4n) is 2.27. The summed E-state index contributed by atoms with van der Waals surface area (Å²) in [6.07, 6.45) is 0. The summed E-state index contributed by atoms with van der Waals surface area (Å²) in [5, 5.41) is 3.00. The first-order valence-corrected chi connectivity index (χ1v) is 6.77. The molecule has 0 saturated carbocycles. The van der Waals surface area contributed by atoms with E-state index in [1.807, 2.05) is 4.90 Å². The summed E-state index contributed by atoms with van der Waals surface area (Å²) in [5.41, 5.74) is 0. The summed E-state index contributed by atoms with van der Waals surface area (Å²) < 4.78 is 5.29. The van der Waals surface area contributed by atoms with Crippen LogP contribution in [0.3, 0.4) is 0 Å². The fraction of sp³-hybridized carbons (Fsp3) is 0.917. The summed E-state index contributed by atoms with van der Waals surface area (Å²) in [6.45, 7) is 8.83. The van der Waals surface area contributed by atoms with Crippen molar-refractivity contribution in [2.75, 3.05) is 72.6 Å². The molecule has 2 saturated heterocycles. The Kier molecular flexibility index (Phi) is 5.22. The Morgan fingerprint density at radius 1 is 1.11 bits per heavy atom. The van der Waals surface area contributed by atoms with Crippen molar-refractivity contribution in [2.45, 2.75) is 0 Å². The molecule has 6 nitrogen and oxygen atoms in total. The van der Waals surface area contributed by atoms with Gasteiger partial charge in [-0.25, -0.2) is 4.79 Å². The molecule has 0 aromatic heterocycles. The minimum atomic E-state index is 0.0800. The normalized spacial score (nSPS) is 23.1.